The Bertz CT molecular complexity index is 534. The molecule has 4 nitrogen and oxygen atoms in total. The Balaban J connectivity index is 1.70. The molecule has 0 bridgehead atoms. The van der Waals surface area contributed by atoms with Gasteiger partial charge in [-0.25, -0.2) is 0 Å². The van der Waals surface area contributed by atoms with Crippen LogP contribution < -0.4 is 0 Å². The molecule has 0 radical (unpaired) electrons. The molecule has 1 fully saturated rings. The van der Waals surface area contributed by atoms with Crippen LogP contribution in [0.4, 0.5) is 0 Å². The van der Waals surface area contributed by atoms with E-state index in [1.54, 1.807) is 0 Å². The Morgan fingerprint density at radius 2 is 2.32 bits per heavy atom. The first-order valence-corrected chi connectivity index (χ1v) is 7.80. The van der Waals surface area contributed by atoms with Crippen LogP contribution in [0.2, 0.25) is 0 Å². The van der Waals surface area contributed by atoms with Gasteiger partial charge in [-0.1, -0.05) is 38.6 Å². The van der Waals surface area contributed by atoms with Crippen molar-refractivity contribution >= 4 is 27.5 Å². The highest BCUT2D eigenvalue weighted by Crippen LogP contribution is 2.28. The molecule has 1 atom stereocenters. The van der Waals surface area contributed by atoms with Crippen molar-refractivity contribution < 1.29 is 4.74 Å². The lowest BCUT2D eigenvalue weighted by atomic mass is 10.1. The lowest BCUT2D eigenvalue weighted by molar-refractivity contribution is -0.0336. The van der Waals surface area contributed by atoms with E-state index in [1.165, 1.54) is 17.1 Å². The Morgan fingerprint density at radius 3 is 3.11 bits per heavy atom. The minimum atomic E-state index is 0.121. The maximum absolute atomic E-state index is 5.89. The molecule has 2 heterocycles. The van der Waals surface area contributed by atoms with Crippen LogP contribution in [0, 0.1) is 0 Å². The van der Waals surface area contributed by atoms with Gasteiger partial charge in [0.05, 0.1) is 18.4 Å². The quantitative estimate of drug-likeness (QED) is 0.861. The summed E-state index contributed by atoms with van der Waals surface area (Å²) in [5, 5.41) is 6.11. The molecule has 0 amide bonds. The average molecular weight is 340 g/mol. The van der Waals surface area contributed by atoms with Crippen LogP contribution in [0.15, 0.2) is 34.1 Å². The van der Waals surface area contributed by atoms with Crippen LogP contribution in [0.1, 0.15) is 17.4 Å². The highest BCUT2D eigenvalue weighted by atomic mass is 79.9. The van der Waals surface area contributed by atoms with Crippen molar-refractivity contribution in [1.29, 1.82) is 0 Å². The number of hydrogen-bond acceptors (Lipinski definition) is 5. The summed E-state index contributed by atoms with van der Waals surface area (Å²) in [5.41, 5.74) is 2.25. The molecule has 0 N–H and O–H groups in total. The van der Waals surface area contributed by atoms with E-state index in [0.29, 0.717) is 0 Å². The maximum Gasteiger partial charge on any atom is 0.0963 e. The van der Waals surface area contributed by atoms with E-state index in [4.69, 9.17) is 4.74 Å². The fraction of sp³-hybridized carbons (Fsp3) is 0.385. The summed E-state index contributed by atoms with van der Waals surface area (Å²) in [7, 11) is 0. The standard InChI is InChI=1S/C13H14BrN3OS/c14-12-4-2-1-3-11(12)13-8-17(5-6-18-13)7-10-9-19-16-15-10/h1-4,9,13H,5-8H2/t13-/m0/s1. The van der Waals surface area contributed by atoms with E-state index in [0.717, 1.165) is 36.4 Å². The number of morpholine rings is 1. The smallest absolute Gasteiger partial charge is 0.0963 e. The first kappa shape index (κ1) is 13.2. The summed E-state index contributed by atoms with van der Waals surface area (Å²) in [6.45, 7) is 3.43. The molecule has 1 aromatic carbocycles. The third kappa shape index (κ3) is 3.20. The van der Waals surface area contributed by atoms with Gasteiger partial charge < -0.3 is 4.74 Å². The van der Waals surface area contributed by atoms with Gasteiger partial charge in [0.15, 0.2) is 0 Å². The topological polar surface area (TPSA) is 38.2 Å². The molecule has 3 rings (SSSR count). The second kappa shape index (κ2) is 6.09. The zero-order valence-electron chi connectivity index (χ0n) is 10.3. The number of nitrogens with zero attached hydrogens (tertiary/aromatic N) is 3. The predicted octanol–water partition coefficient (Wildman–Crippen LogP) is 2.87. The molecule has 0 spiro atoms. The molecule has 100 valence electrons. The molecular weight excluding hydrogens is 326 g/mol. The average Bonchev–Trinajstić information content (AvgIpc) is 2.92. The van der Waals surface area contributed by atoms with Gasteiger partial charge in [0, 0.05) is 29.5 Å². The normalized spacial score (nSPS) is 20.6. The SMILES string of the molecule is Brc1ccccc1[C@@H]1CN(Cc2csnn2)CCO1. The van der Waals surface area contributed by atoms with Crippen molar-refractivity contribution in [3.63, 3.8) is 0 Å². The molecule has 1 saturated heterocycles. The number of halogens is 1. The minimum Gasteiger partial charge on any atom is -0.371 e. The second-order valence-corrected chi connectivity index (χ2v) is 5.98. The van der Waals surface area contributed by atoms with E-state index in [1.807, 2.05) is 17.5 Å². The summed E-state index contributed by atoms with van der Waals surface area (Å²) in [6.07, 6.45) is 0.121. The van der Waals surface area contributed by atoms with Gasteiger partial charge in [0.25, 0.3) is 0 Å². The van der Waals surface area contributed by atoms with Crippen molar-refractivity contribution in [3.05, 3.63) is 45.4 Å². The molecule has 0 aliphatic carbocycles. The zero-order chi connectivity index (χ0) is 13.1. The Kier molecular flexibility index (Phi) is 4.22. The third-order valence-electron chi connectivity index (χ3n) is 3.19. The zero-order valence-corrected chi connectivity index (χ0v) is 12.7. The van der Waals surface area contributed by atoms with E-state index in [-0.39, 0.29) is 6.10 Å². The van der Waals surface area contributed by atoms with Crippen LogP contribution in [0.25, 0.3) is 0 Å². The van der Waals surface area contributed by atoms with E-state index < -0.39 is 0 Å². The number of rotatable bonds is 3. The molecule has 19 heavy (non-hydrogen) atoms. The Labute approximate surface area is 124 Å². The molecule has 1 aromatic heterocycles. The number of aromatic nitrogens is 2. The number of benzene rings is 1. The summed E-state index contributed by atoms with van der Waals surface area (Å²) in [6, 6.07) is 8.24. The van der Waals surface area contributed by atoms with Gasteiger partial charge in [-0.2, -0.15) is 0 Å². The van der Waals surface area contributed by atoms with Crippen molar-refractivity contribution in [2.24, 2.45) is 0 Å². The predicted molar refractivity (Wildman–Crippen MR) is 78.0 cm³/mol. The number of ether oxygens (including phenoxy) is 1. The Morgan fingerprint density at radius 1 is 1.42 bits per heavy atom. The first-order valence-electron chi connectivity index (χ1n) is 6.17. The van der Waals surface area contributed by atoms with Crippen LogP contribution >= 0.6 is 27.5 Å². The number of hydrogen-bond donors (Lipinski definition) is 0. The maximum atomic E-state index is 5.89. The van der Waals surface area contributed by atoms with E-state index in [9.17, 15) is 0 Å². The van der Waals surface area contributed by atoms with Crippen LogP contribution in [0.3, 0.4) is 0 Å². The minimum absolute atomic E-state index is 0.121. The largest absolute Gasteiger partial charge is 0.371 e. The van der Waals surface area contributed by atoms with Gasteiger partial charge in [-0.05, 0) is 23.2 Å². The van der Waals surface area contributed by atoms with Gasteiger partial charge in [-0.15, -0.1) is 5.10 Å². The molecule has 0 unspecified atom stereocenters. The monoisotopic (exact) mass is 339 g/mol. The lowest BCUT2D eigenvalue weighted by Gasteiger charge is -2.33. The summed E-state index contributed by atoms with van der Waals surface area (Å²) in [5.74, 6) is 0. The molecule has 1 aliphatic heterocycles. The summed E-state index contributed by atoms with van der Waals surface area (Å²) >= 11 is 4.99. The summed E-state index contributed by atoms with van der Waals surface area (Å²) < 4.78 is 10.9. The van der Waals surface area contributed by atoms with E-state index in [2.05, 4.69) is 42.5 Å². The highest BCUT2D eigenvalue weighted by molar-refractivity contribution is 9.10. The lowest BCUT2D eigenvalue weighted by Crippen LogP contribution is -2.38. The van der Waals surface area contributed by atoms with Crippen LogP contribution in [-0.2, 0) is 11.3 Å². The fourth-order valence-electron chi connectivity index (χ4n) is 2.25. The molecule has 2 aromatic rings. The summed E-state index contributed by atoms with van der Waals surface area (Å²) in [4.78, 5) is 2.37. The first-order chi connectivity index (χ1) is 9.33. The Hall–Kier alpha value is -0.820. The van der Waals surface area contributed by atoms with Gasteiger partial charge in [0.2, 0.25) is 0 Å². The molecular formula is C13H14BrN3OS. The third-order valence-corrected chi connectivity index (χ3v) is 4.47. The van der Waals surface area contributed by atoms with Crippen molar-refractivity contribution in [2.45, 2.75) is 12.6 Å². The van der Waals surface area contributed by atoms with Gasteiger partial charge in [0.1, 0.15) is 0 Å². The molecule has 6 heteroatoms. The van der Waals surface area contributed by atoms with Crippen molar-refractivity contribution in [1.82, 2.24) is 14.5 Å². The molecule has 1 aliphatic rings. The van der Waals surface area contributed by atoms with E-state index >= 15 is 0 Å². The second-order valence-electron chi connectivity index (χ2n) is 4.51. The van der Waals surface area contributed by atoms with Crippen LogP contribution in [-0.4, -0.2) is 34.2 Å². The van der Waals surface area contributed by atoms with Gasteiger partial charge in [-0.3, -0.25) is 4.90 Å². The van der Waals surface area contributed by atoms with Crippen LogP contribution in [0.5, 0.6) is 0 Å². The fourth-order valence-corrected chi connectivity index (χ4v) is 3.24. The highest BCUT2D eigenvalue weighted by Gasteiger charge is 2.23. The van der Waals surface area contributed by atoms with Crippen molar-refractivity contribution in [3.8, 4) is 0 Å². The molecule has 0 saturated carbocycles. The van der Waals surface area contributed by atoms with Gasteiger partial charge >= 0.3 is 0 Å². The van der Waals surface area contributed by atoms with Crippen molar-refractivity contribution in [2.75, 3.05) is 19.7 Å².